The highest BCUT2D eigenvalue weighted by Gasteiger charge is 2.01. The highest BCUT2D eigenvalue weighted by molar-refractivity contribution is 5.10. The van der Waals surface area contributed by atoms with Crippen molar-refractivity contribution in [3.8, 4) is 0 Å². The van der Waals surface area contributed by atoms with Crippen LogP contribution in [0.4, 0.5) is 0 Å². The molecule has 1 atom stereocenters. The van der Waals surface area contributed by atoms with Gasteiger partial charge in [-0.1, -0.05) is 5.57 Å². The van der Waals surface area contributed by atoms with Gasteiger partial charge in [0.15, 0.2) is 0 Å². The van der Waals surface area contributed by atoms with E-state index in [1.807, 2.05) is 13.8 Å². The van der Waals surface area contributed by atoms with Gasteiger partial charge in [-0.25, -0.2) is 0 Å². The van der Waals surface area contributed by atoms with Crippen LogP contribution in [0.1, 0.15) is 27.2 Å². The molecule has 0 aromatic heterocycles. The Morgan fingerprint density at radius 1 is 1.40 bits per heavy atom. The molecule has 0 amide bonds. The van der Waals surface area contributed by atoms with E-state index in [9.17, 15) is 0 Å². The van der Waals surface area contributed by atoms with Crippen molar-refractivity contribution in [1.82, 2.24) is 0 Å². The van der Waals surface area contributed by atoms with Crippen molar-refractivity contribution in [1.29, 1.82) is 0 Å². The molecule has 0 saturated carbocycles. The SMILES string of the molecule is CC(C)=C(CO)CC(C)O. The molecule has 2 N–H and O–H groups in total. The van der Waals surface area contributed by atoms with E-state index >= 15 is 0 Å². The molecule has 0 aromatic carbocycles. The summed E-state index contributed by atoms with van der Waals surface area (Å²) in [4.78, 5) is 0. The van der Waals surface area contributed by atoms with Gasteiger partial charge >= 0.3 is 0 Å². The second kappa shape index (κ2) is 4.47. The highest BCUT2D eigenvalue weighted by Crippen LogP contribution is 2.09. The Kier molecular flexibility index (Phi) is 4.32. The molecule has 0 radical (unpaired) electrons. The Morgan fingerprint density at radius 2 is 1.90 bits per heavy atom. The van der Waals surface area contributed by atoms with Crippen molar-refractivity contribution >= 4 is 0 Å². The van der Waals surface area contributed by atoms with Gasteiger partial charge in [0.1, 0.15) is 0 Å². The van der Waals surface area contributed by atoms with Crippen LogP contribution < -0.4 is 0 Å². The average Bonchev–Trinajstić information content (AvgIpc) is 1.81. The first-order valence-electron chi connectivity index (χ1n) is 3.52. The highest BCUT2D eigenvalue weighted by atomic mass is 16.3. The molecule has 0 heterocycles. The van der Waals surface area contributed by atoms with Gasteiger partial charge < -0.3 is 10.2 Å². The molecule has 2 heteroatoms. The molecule has 0 spiro atoms. The first kappa shape index (κ1) is 9.66. The summed E-state index contributed by atoms with van der Waals surface area (Å²) in [7, 11) is 0. The molecule has 0 aliphatic rings. The average molecular weight is 144 g/mol. The fourth-order valence-corrected chi connectivity index (χ4v) is 0.783. The van der Waals surface area contributed by atoms with E-state index in [0.717, 1.165) is 11.1 Å². The number of aliphatic hydroxyl groups is 2. The molecule has 0 aliphatic carbocycles. The van der Waals surface area contributed by atoms with Crippen molar-refractivity contribution < 1.29 is 10.2 Å². The van der Waals surface area contributed by atoms with E-state index < -0.39 is 0 Å². The second-order valence-electron chi connectivity index (χ2n) is 2.81. The van der Waals surface area contributed by atoms with E-state index in [2.05, 4.69) is 0 Å². The summed E-state index contributed by atoms with van der Waals surface area (Å²) in [6.45, 7) is 5.66. The Balaban J connectivity index is 3.97. The predicted octanol–water partition coefficient (Wildman–Crippen LogP) is 1.09. The topological polar surface area (TPSA) is 40.5 Å². The van der Waals surface area contributed by atoms with Crippen LogP contribution in [0.15, 0.2) is 11.1 Å². The van der Waals surface area contributed by atoms with Crippen LogP contribution in [0.2, 0.25) is 0 Å². The zero-order chi connectivity index (χ0) is 8.15. The largest absolute Gasteiger partial charge is 0.393 e. The normalized spacial score (nSPS) is 12.9. The number of rotatable bonds is 3. The summed E-state index contributed by atoms with van der Waals surface area (Å²) >= 11 is 0. The van der Waals surface area contributed by atoms with Crippen LogP contribution in [0.25, 0.3) is 0 Å². The Hall–Kier alpha value is -0.340. The lowest BCUT2D eigenvalue weighted by molar-refractivity contribution is 0.188. The molecule has 0 fully saturated rings. The molecule has 0 aliphatic heterocycles. The number of aliphatic hydroxyl groups excluding tert-OH is 2. The summed E-state index contributed by atoms with van der Waals surface area (Å²) in [6, 6.07) is 0. The maximum Gasteiger partial charge on any atom is 0.0645 e. The van der Waals surface area contributed by atoms with Gasteiger partial charge in [0.25, 0.3) is 0 Å². The Morgan fingerprint density at radius 3 is 2.00 bits per heavy atom. The van der Waals surface area contributed by atoms with Crippen LogP contribution in [0.5, 0.6) is 0 Å². The third kappa shape index (κ3) is 3.64. The number of allylic oxidation sites excluding steroid dienone is 1. The van der Waals surface area contributed by atoms with Gasteiger partial charge in [-0.2, -0.15) is 0 Å². The van der Waals surface area contributed by atoms with Crippen LogP contribution in [-0.4, -0.2) is 22.9 Å². The van der Waals surface area contributed by atoms with Gasteiger partial charge in [0.05, 0.1) is 12.7 Å². The summed E-state index contributed by atoms with van der Waals surface area (Å²) in [5, 5.41) is 17.7. The predicted molar refractivity (Wildman–Crippen MR) is 41.8 cm³/mol. The monoisotopic (exact) mass is 144 g/mol. The standard InChI is InChI=1S/C8H16O2/c1-6(2)8(5-9)4-7(3)10/h7,9-10H,4-5H2,1-3H3. The number of hydrogen-bond acceptors (Lipinski definition) is 2. The maximum atomic E-state index is 8.96. The van der Waals surface area contributed by atoms with Crippen molar-refractivity contribution in [2.75, 3.05) is 6.61 Å². The minimum Gasteiger partial charge on any atom is -0.393 e. The lowest BCUT2D eigenvalue weighted by atomic mass is 10.1. The lowest BCUT2D eigenvalue weighted by Crippen LogP contribution is -2.05. The Labute approximate surface area is 62.2 Å². The van der Waals surface area contributed by atoms with Gasteiger partial charge in [0.2, 0.25) is 0 Å². The molecular formula is C8H16O2. The minimum atomic E-state index is -0.350. The molecule has 0 saturated heterocycles. The van der Waals surface area contributed by atoms with Gasteiger partial charge in [-0.15, -0.1) is 0 Å². The van der Waals surface area contributed by atoms with E-state index in [1.165, 1.54) is 0 Å². The molecule has 0 rings (SSSR count). The fourth-order valence-electron chi connectivity index (χ4n) is 0.783. The second-order valence-corrected chi connectivity index (χ2v) is 2.81. The van der Waals surface area contributed by atoms with Gasteiger partial charge in [0, 0.05) is 0 Å². The van der Waals surface area contributed by atoms with E-state index in [4.69, 9.17) is 10.2 Å². The van der Waals surface area contributed by atoms with Crippen molar-refractivity contribution in [3.63, 3.8) is 0 Å². The van der Waals surface area contributed by atoms with Crippen LogP contribution >= 0.6 is 0 Å². The van der Waals surface area contributed by atoms with E-state index in [1.54, 1.807) is 6.92 Å². The molecule has 0 aromatic rings. The van der Waals surface area contributed by atoms with E-state index in [0.29, 0.717) is 6.42 Å². The molecule has 2 nitrogen and oxygen atoms in total. The zero-order valence-corrected chi connectivity index (χ0v) is 6.89. The first-order valence-corrected chi connectivity index (χ1v) is 3.52. The van der Waals surface area contributed by atoms with Gasteiger partial charge in [-0.3, -0.25) is 0 Å². The van der Waals surface area contributed by atoms with Gasteiger partial charge in [-0.05, 0) is 32.8 Å². The molecule has 1 unspecified atom stereocenters. The fraction of sp³-hybridized carbons (Fsp3) is 0.750. The van der Waals surface area contributed by atoms with Crippen molar-refractivity contribution in [2.45, 2.75) is 33.3 Å². The van der Waals surface area contributed by atoms with Crippen molar-refractivity contribution in [3.05, 3.63) is 11.1 Å². The molecule has 60 valence electrons. The molecule has 0 bridgehead atoms. The molecule has 10 heavy (non-hydrogen) atoms. The number of hydrogen-bond donors (Lipinski definition) is 2. The van der Waals surface area contributed by atoms with Crippen LogP contribution in [0.3, 0.4) is 0 Å². The zero-order valence-electron chi connectivity index (χ0n) is 6.89. The molecular weight excluding hydrogens is 128 g/mol. The van der Waals surface area contributed by atoms with Crippen molar-refractivity contribution in [2.24, 2.45) is 0 Å². The minimum absolute atomic E-state index is 0.0627. The first-order chi connectivity index (χ1) is 4.57. The summed E-state index contributed by atoms with van der Waals surface area (Å²) in [5.41, 5.74) is 2.04. The summed E-state index contributed by atoms with van der Waals surface area (Å²) in [6.07, 6.45) is 0.232. The summed E-state index contributed by atoms with van der Waals surface area (Å²) < 4.78 is 0. The van der Waals surface area contributed by atoms with Crippen LogP contribution in [-0.2, 0) is 0 Å². The van der Waals surface area contributed by atoms with Crippen LogP contribution in [0, 0.1) is 0 Å². The Bertz CT molecular complexity index is 121. The lowest BCUT2D eigenvalue weighted by Gasteiger charge is -2.08. The van der Waals surface area contributed by atoms with E-state index in [-0.39, 0.29) is 12.7 Å². The third-order valence-electron chi connectivity index (χ3n) is 1.44. The summed E-state index contributed by atoms with van der Waals surface area (Å²) in [5.74, 6) is 0. The smallest absolute Gasteiger partial charge is 0.0645 e. The maximum absolute atomic E-state index is 8.96. The quantitative estimate of drug-likeness (QED) is 0.582. The third-order valence-corrected chi connectivity index (χ3v) is 1.44.